The largest absolute Gasteiger partial charge is 0.449 e. The summed E-state index contributed by atoms with van der Waals surface area (Å²) in [5, 5.41) is 2.76. The number of benzene rings is 1. The first-order valence-corrected chi connectivity index (χ1v) is 7.47. The Morgan fingerprint density at radius 1 is 1.38 bits per heavy atom. The Kier molecular flexibility index (Phi) is 6.50. The first kappa shape index (κ1) is 15.8. The second-order valence-electron chi connectivity index (χ2n) is 5.00. The topological polar surface area (TPSA) is 56.8 Å². The summed E-state index contributed by atoms with van der Waals surface area (Å²) in [7, 11) is 0. The molecule has 1 fully saturated rings. The van der Waals surface area contributed by atoms with Gasteiger partial charge in [-0.3, -0.25) is 0 Å². The number of carbonyl (C=O) groups is 1. The summed E-state index contributed by atoms with van der Waals surface area (Å²) in [5.41, 5.74) is 1.19. The molecular weight excluding hydrogens is 270 g/mol. The van der Waals surface area contributed by atoms with E-state index in [0.717, 1.165) is 12.8 Å². The molecule has 116 valence electrons. The van der Waals surface area contributed by atoms with Crippen LogP contribution >= 0.6 is 0 Å². The van der Waals surface area contributed by atoms with Gasteiger partial charge in [-0.15, -0.1) is 0 Å². The van der Waals surface area contributed by atoms with Crippen molar-refractivity contribution in [1.82, 2.24) is 5.32 Å². The number of amides is 1. The molecule has 0 saturated carbocycles. The molecule has 1 saturated heterocycles. The molecule has 0 bridgehead atoms. The molecule has 1 aliphatic heterocycles. The van der Waals surface area contributed by atoms with Crippen molar-refractivity contribution < 1.29 is 19.0 Å². The van der Waals surface area contributed by atoms with E-state index in [1.165, 1.54) is 5.56 Å². The molecule has 1 aromatic carbocycles. The van der Waals surface area contributed by atoms with Crippen molar-refractivity contribution in [2.75, 3.05) is 26.4 Å². The predicted molar refractivity (Wildman–Crippen MR) is 79.0 cm³/mol. The van der Waals surface area contributed by atoms with E-state index in [1.807, 2.05) is 37.3 Å². The van der Waals surface area contributed by atoms with E-state index in [4.69, 9.17) is 14.2 Å². The Hall–Kier alpha value is -1.59. The number of ether oxygens (including phenoxy) is 3. The normalized spacial score (nSPS) is 21.2. The molecule has 2 rings (SSSR count). The fourth-order valence-corrected chi connectivity index (χ4v) is 2.31. The van der Waals surface area contributed by atoms with Crippen molar-refractivity contribution in [2.45, 2.75) is 26.1 Å². The van der Waals surface area contributed by atoms with Crippen LogP contribution < -0.4 is 5.32 Å². The van der Waals surface area contributed by atoms with Crippen LogP contribution in [0.1, 0.15) is 18.9 Å². The first-order chi connectivity index (χ1) is 10.3. The lowest BCUT2D eigenvalue weighted by atomic mass is 10.1. The molecular formula is C16H23NO4. The molecule has 1 aromatic rings. The highest BCUT2D eigenvalue weighted by molar-refractivity contribution is 5.67. The van der Waals surface area contributed by atoms with Crippen LogP contribution in [-0.2, 0) is 20.6 Å². The third kappa shape index (κ3) is 5.36. The smallest absolute Gasteiger partial charge is 0.407 e. The maximum Gasteiger partial charge on any atom is 0.407 e. The second kappa shape index (κ2) is 8.64. The van der Waals surface area contributed by atoms with Gasteiger partial charge in [0, 0.05) is 19.1 Å². The summed E-state index contributed by atoms with van der Waals surface area (Å²) >= 11 is 0. The monoisotopic (exact) mass is 293 g/mol. The number of carbonyl (C=O) groups excluding carboxylic acids is 1. The second-order valence-corrected chi connectivity index (χ2v) is 5.00. The maximum absolute atomic E-state index is 11.6. The van der Waals surface area contributed by atoms with Gasteiger partial charge in [0.05, 0.1) is 6.61 Å². The molecule has 1 heterocycles. The molecule has 1 aliphatic rings. The van der Waals surface area contributed by atoms with E-state index in [1.54, 1.807) is 0 Å². The zero-order valence-electron chi connectivity index (χ0n) is 12.4. The van der Waals surface area contributed by atoms with Crippen LogP contribution in [-0.4, -0.2) is 38.7 Å². The highest BCUT2D eigenvalue weighted by atomic mass is 16.7. The molecule has 1 amide bonds. The summed E-state index contributed by atoms with van der Waals surface area (Å²) < 4.78 is 16.1. The van der Waals surface area contributed by atoms with Gasteiger partial charge < -0.3 is 19.5 Å². The minimum atomic E-state index is -0.381. The van der Waals surface area contributed by atoms with E-state index in [9.17, 15) is 4.79 Å². The molecule has 0 aromatic heterocycles. The minimum Gasteiger partial charge on any atom is -0.449 e. The third-order valence-electron chi connectivity index (χ3n) is 3.44. The molecule has 5 heteroatoms. The van der Waals surface area contributed by atoms with Crippen molar-refractivity contribution in [3.05, 3.63) is 35.9 Å². The SMILES string of the molecule is CCOC1OCCC1COC(=O)NCCc1ccccc1. The van der Waals surface area contributed by atoms with Crippen molar-refractivity contribution in [1.29, 1.82) is 0 Å². The van der Waals surface area contributed by atoms with Gasteiger partial charge in [-0.25, -0.2) is 4.79 Å². The van der Waals surface area contributed by atoms with Crippen LogP contribution in [0.5, 0.6) is 0 Å². The van der Waals surface area contributed by atoms with Crippen LogP contribution in [0, 0.1) is 5.92 Å². The molecule has 1 N–H and O–H groups in total. The maximum atomic E-state index is 11.6. The lowest BCUT2D eigenvalue weighted by Gasteiger charge is -2.18. The van der Waals surface area contributed by atoms with E-state index in [2.05, 4.69) is 5.32 Å². The summed E-state index contributed by atoms with van der Waals surface area (Å²) in [6.45, 7) is 4.09. The Morgan fingerprint density at radius 3 is 2.95 bits per heavy atom. The third-order valence-corrected chi connectivity index (χ3v) is 3.44. The molecule has 0 aliphatic carbocycles. The van der Waals surface area contributed by atoms with Crippen LogP contribution in [0.3, 0.4) is 0 Å². The molecule has 21 heavy (non-hydrogen) atoms. The Balaban J connectivity index is 1.61. The lowest BCUT2D eigenvalue weighted by molar-refractivity contribution is -0.133. The van der Waals surface area contributed by atoms with Gasteiger partial charge in [-0.2, -0.15) is 0 Å². The van der Waals surface area contributed by atoms with Crippen molar-refractivity contribution in [3.8, 4) is 0 Å². The van der Waals surface area contributed by atoms with E-state index in [-0.39, 0.29) is 18.3 Å². The van der Waals surface area contributed by atoms with Gasteiger partial charge >= 0.3 is 6.09 Å². The Labute approximate surface area is 125 Å². The molecule has 5 nitrogen and oxygen atoms in total. The minimum absolute atomic E-state index is 0.129. The van der Waals surface area contributed by atoms with Gasteiger partial charge in [0.15, 0.2) is 6.29 Å². The molecule has 2 unspecified atom stereocenters. The summed E-state index contributed by atoms with van der Waals surface area (Å²) in [6.07, 6.45) is 1.03. The van der Waals surface area contributed by atoms with Crippen molar-refractivity contribution in [3.63, 3.8) is 0 Å². The van der Waals surface area contributed by atoms with Crippen LogP contribution in [0.15, 0.2) is 30.3 Å². The zero-order chi connectivity index (χ0) is 14.9. The van der Waals surface area contributed by atoms with E-state index >= 15 is 0 Å². The summed E-state index contributed by atoms with van der Waals surface area (Å²) in [4.78, 5) is 11.6. The van der Waals surface area contributed by atoms with Gasteiger partial charge in [0.1, 0.15) is 6.61 Å². The van der Waals surface area contributed by atoms with Crippen molar-refractivity contribution >= 4 is 6.09 Å². The lowest BCUT2D eigenvalue weighted by Crippen LogP contribution is -2.31. The zero-order valence-corrected chi connectivity index (χ0v) is 12.4. The number of rotatable bonds is 7. The van der Waals surface area contributed by atoms with Crippen molar-refractivity contribution in [2.24, 2.45) is 5.92 Å². The van der Waals surface area contributed by atoms with Crippen LogP contribution in [0.4, 0.5) is 4.79 Å². The van der Waals surface area contributed by atoms with Gasteiger partial charge in [-0.1, -0.05) is 30.3 Å². The van der Waals surface area contributed by atoms with E-state index < -0.39 is 0 Å². The summed E-state index contributed by atoms with van der Waals surface area (Å²) in [5.74, 6) is 0.129. The average Bonchev–Trinajstić information content (AvgIpc) is 2.94. The predicted octanol–water partition coefficient (Wildman–Crippen LogP) is 2.35. The fraction of sp³-hybridized carbons (Fsp3) is 0.562. The highest BCUT2D eigenvalue weighted by Gasteiger charge is 2.29. The Bertz CT molecular complexity index is 424. The molecule has 0 spiro atoms. The average molecular weight is 293 g/mol. The standard InChI is InChI=1S/C16H23NO4/c1-2-19-15-14(9-11-20-15)12-21-16(18)17-10-8-13-6-4-3-5-7-13/h3-7,14-15H,2,8-12H2,1H3,(H,17,18). The van der Waals surface area contributed by atoms with E-state index in [0.29, 0.717) is 26.4 Å². The summed E-state index contributed by atoms with van der Waals surface area (Å²) in [6, 6.07) is 10.0. The number of nitrogens with one attached hydrogen (secondary N) is 1. The number of alkyl carbamates (subject to hydrolysis) is 1. The highest BCUT2D eigenvalue weighted by Crippen LogP contribution is 2.22. The quantitative estimate of drug-likeness (QED) is 0.838. The van der Waals surface area contributed by atoms with Gasteiger partial charge in [0.2, 0.25) is 0 Å². The Morgan fingerprint density at radius 2 is 2.19 bits per heavy atom. The van der Waals surface area contributed by atoms with Gasteiger partial charge in [0.25, 0.3) is 0 Å². The van der Waals surface area contributed by atoms with Gasteiger partial charge in [-0.05, 0) is 25.3 Å². The first-order valence-electron chi connectivity index (χ1n) is 7.47. The van der Waals surface area contributed by atoms with Crippen LogP contribution in [0.25, 0.3) is 0 Å². The number of hydrogen-bond acceptors (Lipinski definition) is 4. The fourth-order valence-electron chi connectivity index (χ4n) is 2.31. The van der Waals surface area contributed by atoms with Crippen LogP contribution in [0.2, 0.25) is 0 Å². The molecule has 2 atom stereocenters. The number of hydrogen-bond donors (Lipinski definition) is 1. The molecule has 0 radical (unpaired) electrons.